The van der Waals surface area contributed by atoms with Crippen molar-refractivity contribution in [2.75, 3.05) is 6.54 Å². The predicted octanol–water partition coefficient (Wildman–Crippen LogP) is 2.38. The molecule has 1 heterocycles. The van der Waals surface area contributed by atoms with E-state index >= 15 is 0 Å². The zero-order valence-corrected chi connectivity index (χ0v) is 13.0. The maximum atomic E-state index is 11.6. The Bertz CT molecular complexity index is 762. The Morgan fingerprint density at radius 2 is 2.14 bits per heavy atom. The average molecular weight is 317 g/mol. The molecule has 0 radical (unpaired) electrons. The van der Waals surface area contributed by atoms with Crippen molar-refractivity contribution in [3.63, 3.8) is 0 Å². The zero-order valence-electron chi connectivity index (χ0n) is 12.3. The van der Waals surface area contributed by atoms with Crippen LogP contribution in [0.15, 0.2) is 41.3 Å². The van der Waals surface area contributed by atoms with Crippen LogP contribution in [0.1, 0.15) is 11.3 Å². The molecule has 2 aromatic rings. The van der Waals surface area contributed by atoms with Crippen molar-refractivity contribution in [1.82, 2.24) is 9.47 Å². The number of aromatic nitrogens is 1. The number of halogens is 1. The SMILES string of the molecule is C#CCN(Cc1cccc(Cl)c1)Cc1cc(=O)c(O)cn1C. The summed E-state index contributed by atoms with van der Waals surface area (Å²) in [4.78, 5) is 13.6. The highest BCUT2D eigenvalue weighted by Crippen LogP contribution is 2.14. The molecule has 0 aliphatic rings. The molecular weight excluding hydrogens is 300 g/mol. The number of benzene rings is 1. The van der Waals surface area contributed by atoms with Crippen molar-refractivity contribution < 1.29 is 5.11 Å². The highest BCUT2D eigenvalue weighted by atomic mass is 35.5. The van der Waals surface area contributed by atoms with Gasteiger partial charge in [-0.25, -0.2) is 0 Å². The molecule has 0 fully saturated rings. The molecule has 0 saturated heterocycles. The molecule has 0 saturated carbocycles. The third-order valence-corrected chi connectivity index (χ3v) is 3.55. The van der Waals surface area contributed by atoms with Crippen molar-refractivity contribution in [2.45, 2.75) is 13.1 Å². The maximum absolute atomic E-state index is 11.6. The van der Waals surface area contributed by atoms with Gasteiger partial charge in [-0.2, -0.15) is 0 Å². The average Bonchev–Trinajstić information content (AvgIpc) is 2.45. The van der Waals surface area contributed by atoms with E-state index in [0.29, 0.717) is 24.7 Å². The molecule has 1 aromatic carbocycles. The van der Waals surface area contributed by atoms with Crippen LogP contribution in [0.2, 0.25) is 5.02 Å². The van der Waals surface area contributed by atoms with Crippen LogP contribution < -0.4 is 5.43 Å². The zero-order chi connectivity index (χ0) is 16.1. The monoisotopic (exact) mass is 316 g/mol. The lowest BCUT2D eigenvalue weighted by Gasteiger charge is -2.21. The number of aromatic hydroxyl groups is 1. The molecule has 4 nitrogen and oxygen atoms in total. The molecule has 1 N–H and O–H groups in total. The summed E-state index contributed by atoms with van der Waals surface area (Å²) in [6.07, 6.45) is 6.84. The number of hydrogen-bond acceptors (Lipinski definition) is 3. The normalized spacial score (nSPS) is 10.6. The standard InChI is InChI=1S/C17H17ClN2O2/c1-3-7-20(10-13-5-4-6-14(18)8-13)11-15-9-16(21)17(22)12-19(15)2/h1,4-6,8-9,12,22H,7,10-11H2,2H3. The molecule has 114 valence electrons. The lowest BCUT2D eigenvalue weighted by atomic mass is 10.2. The molecule has 0 aliphatic heterocycles. The molecule has 2 rings (SSSR count). The van der Waals surface area contributed by atoms with Crippen LogP contribution in [-0.2, 0) is 20.1 Å². The van der Waals surface area contributed by atoms with Crippen molar-refractivity contribution in [3.05, 3.63) is 63.0 Å². The fraction of sp³-hybridized carbons (Fsp3) is 0.235. The van der Waals surface area contributed by atoms with Gasteiger partial charge in [0.2, 0.25) is 5.43 Å². The third-order valence-electron chi connectivity index (χ3n) is 3.31. The number of rotatable bonds is 5. The van der Waals surface area contributed by atoms with Gasteiger partial charge in [-0.05, 0) is 17.7 Å². The van der Waals surface area contributed by atoms with Gasteiger partial charge in [0.05, 0.1) is 6.54 Å². The largest absolute Gasteiger partial charge is 0.503 e. The fourth-order valence-corrected chi connectivity index (χ4v) is 2.45. The van der Waals surface area contributed by atoms with E-state index in [9.17, 15) is 9.90 Å². The summed E-state index contributed by atoms with van der Waals surface area (Å²) in [5.41, 5.74) is 1.43. The second-order valence-corrected chi connectivity index (χ2v) is 5.54. The number of aryl methyl sites for hydroxylation is 1. The van der Waals surface area contributed by atoms with E-state index < -0.39 is 5.43 Å². The molecular formula is C17H17ClN2O2. The van der Waals surface area contributed by atoms with Crippen molar-refractivity contribution in [3.8, 4) is 18.1 Å². The molecule has 0 amide bonds. The second kappa shape index (κ2) is 7.17. The van der Waals surface area contributed by atoms with Crippen molar-refractivity contribution >= 4 is 11.6 Å². The van der Waals surface area contributed by atoms with Crippen molar-refractivity contribution in [1.29, 1.82) is 0 Å². The van der Waals surface area contributed by atoms with Crippen LogP contribution >= 0.6 is 11.6 Å². The fourth-order valence-electron chi connectivity index (χ4n) is 2.23. The first kappa shape index (κ1) is 16.2. The maximum Gasteiger partial charge on any atom is 0.223 e. The molecule has 0 atom stereocenters. The van der Waals surface area contributed by atoms with Gasteiger partial charge in [0, 0.05) is 43.1 Å². The summed E-state index contributed by atoms with van der Waals surface area (Å²) in [6, 6.07) is 9.01. The van der Waals surface area contributed by atoms with Gasteiger partial charge in [0.1, 0.15) is 0 Å². The Balaban J connectivity index is 2.21. The highest BCUT2D eigenvalue weighted by molar-refractivity contribution is 6.30. The summed E-state index contributed by atoms with van der Waals surface area (Å²) < 4.78 is 1.72. The van der Waals surface area contributed by atoms with Gasteiger partial charge in [0.25, 0.3) is 0 Å². The minimum atomic E-state index is -0.392. The van der Waals surface area contributed by atoms with E-state index in [1.165, 1.54) is 12.3 Å². The Labute approximate surface area is 134 Å². The van der Waals surface area contributed by atoms with Gasteiger partial charge in [0.15, 0.2) is 5.75 Å². The van der Waals surface area contributed by atoms with Gasteiger partial charge in [-0.3, -0.25) is 9.69 Å². The second-order valence-electron chi connectivity index (χ2n) is 5.10. The van der Waals surface area contributed by atoms with E-state index in [1.54, 1.807) is 11.6 Å². The molecule has 0 unspecified atom stereocenters. The number of terminal acetylenes is 1. The Morgan fingerprint density at radius 1 is 1.36 bits per heavy atom. The summed E-state index contributed by atoms with van der Waals surface area (Å²) in [7, 11) is 1.78. The highest BCUT2D eigenvalue weighted by Gasteiger charge is 2.10. The molecule has 1 aromatic heterocycles. The lowest BCUT2D eigenvalue weighted by Crippen LogP contribution is -2.25. The Morgan fingerprint density at radius 3 is 2.82 bits per heavy atom. The lowest BCUT2D eigenvalue weighted by molar-refractivity contribution is 0.282. The summed E-state index contributed by atoms with van der Waals surface area (Å²) >= 11 is 6.00. The summed E-state index contributed by atoms with van der Waals surface area (Å²) in [6.45, 7) is 1.57. The topological polar surface area (TPSA) is 45.5 Å². The van der Waals surface area contributed by atoms with Crippen LogP contribution in [0.3, 0.4) is 0 Å². The molecule has 0 spiro atoms. The smallest absolute Gasteiger partial charge is 0.223 e. The minimum absolute atomic E-state index is 0.260. The van der Waals surface area contributed by atoms with E-state index in [-0.39, 0.29) is 5.75 Å². The summed E-state index contributed by atoms with van der Waals surface area (Å²) in [5.74, 6) is 2.36. The van der Waals surface area contributed by atoms with E-state index in [4.69, 9.17) is 18.0 Å². The van der Waals surface area contributed by atoms with E-state index in [1.807, 2.05) is 29.2 Å². The van der Waals surface area contributed by atoms with Gasteiger partial charge < -0.3 is 9.67 Å². The number of hydrogen-bond donors (Lipinski definition) is 1. The van der Waals surface area contributed by atoms with Crippen LogP contribution in [0.5, 0.6) is 5.75 Å². The van der Waals surface area contributed by atoms with E-state index in [2.05, 4.69) is 5.92 Å². The molecule has 5 heteroatoms. The van der Waals surface area contributed by atoms with Crippen LogP contribution in [-0.4, -0.2) is 21.1 Å². The first-order valence-corrected chi connectivity index (χ1v) is 7.16. The van der Waals surface area contributed by atoms with Crippen molar-refractivity contribution in [2.24, 2.45) is 7.05 Å². The van der Waals surface area contributed by atoms with Gasteiger partial charge in [-0.1, -0.05) is 29.7 Å². The minimum Gasteiger partial charge on any atom is -0.503 e. The Kier molecular flexibility index (Phi) is 5.26. The van der Waals surface area contributed by atoms with Crippen LogP contribution in [0.4, 0.5) is 0 Å². The molecule has 0 bridgehead atoms. The number of pyridine rings is 1. The third kappa shape index (κ3) is 4.14. The van der Waals surface area contributed by atoms with Crippen LogP contribution in [0, 0.1) is 12.3 Å². The quantitative estimate of drug-likeness (QED) is 0.862. The van der Waals surface area contributed by atoms with Gasteiger partial charge >= 0.3 is 0 Å². The first-order chi connectivity index (χ1) is 10.5. The molecule has 0 aliphatic carbocycles. The van der Waals surface area contributed by atoms with Gasteiger partial charge in [-0.15, -0.1) is 6.42 Å². The predicted molar refractivity (Wildman–Crippen MR) is 87.7 cm³/mol. The number of nitrogens with zero attached hydrogens (tertiary/aromatic N) is 2. The Hall–Kier alpha value is -2.22. The van der Waals surface area contributed by atoms with Crippen LogP contribution in [0.25, 0.3) is 0 Å². The summed E-state index contributed by atoms with van der Waals surface area (Å²) in [5, 5.41) is 10.1. The first-order valence-electron chi connectivity index (χ1n) is 6.78. The van der Waals surface area contributed by atoms with E-state index in [0.717, 1.165) is 11.3 Å². The molecule has 22 heavy (non-hydrogen) atoms.